The molecule has 2 aromatic carbocycles. The van der Waals surface area contributed by atoms with E-state index in [-0.39, 0.29) is 22.9 Å². The molecule has 0 saturated carbocycles. The van der Waals surface area contributed by atoms with Crippen molar-refractivity contribution in [2.24, 2.45) is 0 Å². The minimum atomic E-state index is -0.457. The number of rotatable bonds is 4. The molecule has 0 radical (unpaired) electrons. The highest BCUT2D eigenvalue weighted by Crippen LogP contribution is 2.21. The standard InChI is InChI=1S/C19H18ClFN6O/c20-16-7-4-8-17(21)15(16)13-18(28)25-9-11-26(12-10-25)19-22-23-24-27(19)14-5-2-1-3-6-14/h1-8H,9-13H2. The first kappa shape index (κ1) is 18.4. The second kappa shape index (κ2) is 7.93. The van der Waals surface area contributed by atoms with Crippen LogP contribution in [-0.2, 0) is 11.2 Å². The van der Waals surface area contributed by atoms with Crippen LogP contribution in [0.3, 0.4) is 0 Å². The summed E-state index contributed by atoms with van der Waals surface area (Å²) in [6.07, 6.45) is -0.0484. The van der Waals surface area contributed by atoms with Gasteiger partial charge >= 0.3 is 0 Å². The molecule has 0 atom stereocenters. The first-order valence-corrected chi connectivity index (χ1v) is 9.30. The Labute approximate surface area is 166 Å². The van der Waals surface area contributed by atoms with Crippen molar-refractivity contribution in [3.63, 3.8) is 0 Å². The SMILES string of the molecule is O=C(Cc1c(F)cccc1Cl)N1CCN(c2nnnn2-c2ccccc2)CC1. The molecule has 1 aliphatic heterocycles. The van der Waals surface area contributed by atoms with E-state index in [2.05, 4.69) is 15.5 Å². The largest absolute Gasteiger partial charge is 0.339 e. The lowest BCUT2D eigenvalue weighted by molar-refractivity contribution is -0.130. The van der Waals surface area contributed by atoms with Crippen LogP contribution in [0.25, 0.3) is 5.69 Å². The molecule has 28 heavy (non-hydrogen) atoms. The van der Waals surface area contributed by atoms with Crippen LogP contribution >= 0.6 is 11.6 Å². The second-order valence-electron chi connectivity index (χ2n) is 6.47. The first-order chi connectivity index (χ1) is 13.6. The average molecular weight is 401 g/mol. The van der Waals surface area contributed by atoms with Crippen molar-refractivity contribution in [3.8, 4) is 5.69 Å². The Morgan fingerprint density at radius 1 is 1.04 bits per heavy atom. The number of piperazine rings is 1. The topological polar surface area (TPSA) is 67.2 Å². The van der Waals surface area contributed by atoms with E-state index in [9.17, 15) is 9.18 Å². The van der Waals surface area contributed by atoms with Gasteiger partial charge in [0.2, 0.25) is 11.9 Å². The molecule has 7 nitrogen and oxygen atoms in total. The van der Waals surface area contributed by atoms with E-state index in [1.807, 2.05) is 35.2 Å². The van der Waals surface area contributed by atoms with Gasteiger partial charge in [-0.1, -0.05) is 41.0 Å². The molecule has 2 heterocycles. The molecule has 1 saturated heterocycles. The molecule has 3 aromatic rings. The highest BCUT2D eigenvalue weighted by molar-refractivity contribution is 6.31. The maximum Gasteiger partial charge on any atom is 0.250 e. The van der Waals surface area contributed by atoms with Gasteiger partial charge in [0.1, 0.15) is 5.82 Å². The van der Waals surface area contributed by atoms with Gasteiger partial charge in [-0.3, -0.25) is 4.79 Å². The number of amides is 1. The predicted molar refractivity (Wildman–Crippen MR) is 103 cm³/mol. The third kappa shape index (κ3) is 3.68. The van der Waals surface area contributed by atoms with Gasteiger partial charge in [-0.2, -0.15) is 4.68 Å². The van der Waals surface area contributed by atoms with Crippen LogP contribution in [0.1, 0.15) is 5.56 Å². The fourth-order valence-electron chi connectivity index (χ4n) is 3.24. The molecule has 0 spiro atoms. The van der Waals surface area contributed by atoms with Crippen molar-refractivity contribution in [2.75, 3.05) is 31.1 Å². The monoisotopic (exact) mass is 400 g/mol. The Hall–Kier alpha value is -3.00. The summed E-state index contributed by atoms with van der Waals surface area (Å²) in [5.41, 5.74) is 1.11. The number of carbonyl (C=O) groups excluding carboxylic acids is 1. The van der Waals surface area contributed by atoms with Crippen molar-refractivity contribution >= 4 is 23.5 Å². The number of nitrogens with zero attached hydrogens (tertiary/aromatic N) is 6. The Bertz CT molecular complexity index is 951. The molecule has 1 aliphatic rings. The van der Waals surface area contributed by atoms with Crippen molar-refractivity contribution in [3.05, 3.63) is 64.9 Å². The van der Waals surface area contributed by atoms with Gasteiger partial charge in [-0.25, -0.2) is 4.39 Å². The Morgan fingerprint density at radius 2 is 1.79 bits per heavy atom. The number of hydrogen-bond acceptors (Lipinski definition) is 5. The molecule has 1 aromatic heterocycles. The van der Waals surface area contributed by atoms with Crippen molar-refractivity contribution in [1.82, 2.24) is 25.1 Å². The van der Waals surface area contributed by atoms with Crippen molar-refractivity contribution in [1.29, 1.82) is 0 Å². The van der Waals surface area contributed by atoms with Crippen molar-refractivity contribution in [2.45, 2.75) is 6.42 Å². The van der Waals surface area contributed by atoms with Gasteiger partial charge in [0.15, 0.2) is 0 Å². The minimum Gasteiger partial charge on any atom is -0.339 e. The van der Waals surface area contributed by atoms with E-state index < -0.39 is 5.82 Å². The molecule has 4 rings (SSSR count). The summed E-state index contributed by atoms with van der Waals surface area (Å²) in [6.45, 7) is 2.19. The fourth-order valence-corrected chi connectivity index (χ4v) is 3.47. The average Bonchev–Trinajstić information content (AvgIpc) is 3.21. The molecule has 1 fully saturated rings. The third-order valence-electron chi connectivity index (χ3n) is 4.76. The smallest absolute Gasteiger partial charge is 0.250 e. The van der Waals surface area contributed by atoms with Gasteiger partial charge in [0.25, 0.3) is 0 Å². The highest BCUT2D eigenvalue weighted by Gasteiger charge is 2.25. The number of aromatic nitrogens is 4. The summed E-state index contributed by atoms with van der Waals surface area (Å²) in [6, 6.07) is 14.1. The molecule has 1 amide bonds. The van der Waals surface area contributed by atoms with E-state index in [1.165, 1.54) is 12.1 Å². The number of benzene rings is 2. The minimum absolute atomic E-state index is 0.0484. The zero-order valence-corrected chi connectivity index (χ0v) is 15.8. The summed E-state index contributed by atoms with van der Waals surface area (Å²) in [7, 11) is 0. The number of anilines is 1. The maximum absolute atomic E-state index is 13.9. The summed E-state index contributed by atoms with van der Waals surface area (Å²) < 4.78 is 15.6. The van der Waals surface area contributed by atoms with Gasteiger partial charge in [-0.05, 0) is 34.7 Å². The van der Waals surface area contributed by atoms with Crippen LogP contribution in [-0.4, -0.2) is 57.2 Å². The summed E-state index contributed by atoms with van der Waals surface area (Å²) >= 11 is 6.03. The Kier molecular flexibility index (Phi) is 5.21. The quantitative estimate of drug-likeness (QED) is 0.672. The van der Waals surface area contributed by atoms with Gasteiger partial charge in [0, 0.05) is 36.8 Å². The van der Waals surface area contributed by atoms with E-state index in [0.717, 1.165) is 5.69 Å². The number of carbonyl (C=O) groups is 1. The molecule has 9 heteroatoms. The number of tetrazole rings is 1. The lowest BCUT2D eigenvalue weighted by Gasteiger charge is -2.35. The molecular formula is C19H18ClFN6O. The van der Waals surface area contributed by atoms with Crippen molar-refractivity contribution < 1.29 is 9.18 Å². The van der Waals surface area contributed by atoms with E-state index in [1.54, 1.807) is 15.6 Å². The van der Waals surface area contributed by atoms with Crippen LogP contribution in [0.15, 0.2) is 48.5 Å². The first-order valence-electron chi connectivity index (χ1n) is 8.93. The summed E-state index contributed by atoms with van der Waals surface area (Å²) in [5.74, 6) is 0.0336. The van der Waals surface area contributed by atoms with Crippen LogP contribution in [0.5, 0.6) is 0 Å². The third-order valence-corrected chi connectivity index (χ3v) is 5.11. The maximum atomic E-state index is 13.9. The molecule has 144 valence electrons. The van der Waals surface area contributed by atoms with E-state index in [0.29, 0.717) is 32.1 Å². The normalized spacial score (nSPS) is 14.4. The molecule has 0 N–H and O–H groups in total. The zero-order valence-electron chi connectivity index (χ0n) is 15.0. The van der Waals surface area contributed by atoms with Crippen LogP contribution in [0.4, 0.5) is 10.3 Å². The summed E-state index contributed by atoms with van der Waals surface area (Å²) in [4.78, 5) is 16.3. The Balaban J connectivity index is 1.42. The number of hydrogen-bond donors (Lipinski definition) is 0. The van der Waals surface area contributed by atoms with Crippen LogP contribution < -0.4 is 4.90 Å². The van der Waals surface area contributed by atoms with Crippen LogP contribution in [0.2, 0.25) is 5.02 Å². The van der Waals surface area contributed by atoms with Gasteiger partial charge < -0.3 is 9.80 Å². The van der Waals surface area contributed by atoms with Gasteiger partial charge in [0.05, 0.1) is 12.1 Å². The lowest BCUT2D eigenvalue weighted by Crippen LogP contribution is -2.50. The van der Waals surface area contributed by atoms with Gasteiger partial charge in [-0.15, -0.1) is 0 Å². The second-order valence-corrected chi connectivity index (χ2v) is 6.88. The molecular weight excluding hydrogens is 383 g/mol. The lowest BCUT2D eigenvalue weighted by atomic mass is 10.1. The fraction of sp³-hybridized carbons (Fsp3) is 0.263. The predicted octanol–water partition coefficient (Wildman–Crippen LogP) is 2.35. The number of para-hydroxylation sites is 1. The molecule has 0 aliphatic carbocycles. The summed E-state index contributed by atoms with van der Waals surface area (Å²) in [5, 5.41) is 12.3. The number of halogens is 2. The zero-order chi connectivity index (χ0) is 19.5. The molecule has 0 bridgehead atoms. The van der Waals surface area contributed by atoms with Crippen LogP contribution in [0, 0.1) is 5.82 Å². The highest BCUT2D eigenvalue weighted by atomic mass is 35.5. The molecule has 0 unspecified atom stereocenters. The Morgan fingerprint density at radius 3 is 2.50 bits per heavy atom. The van der Waals surface area contributed by atoms with E-state index in [4.69, 9.17) is 11.6 Å². The van der Waals surface area contributed by atoms with E-state index >= 15 is 0 Å².